The second kappa shape index (κ2) is 9.53. The van der Waals surface area contributed by atoms with Gasteiger partial charge in [0.15, 0.2) is 0 Å². The number of aryl methyl sites for hydroxylation is 1. The summed E-state index contributed by atoms with van der Waals surface area (Å²) in [6.07, 6.45) is -9.43. The molecule has 3 N–H and O–H groups in total. The van der Waals surface area contributed by atoms with E-state index in [1.807, 2.05) is 0 Å². The molecule has 0 radical (unpaired) electrons. The van der Waals surface area contributed by atoms with Gasteiger partial charge in [-0.05, 0) is 36.8 Å². The lowest BCUT2D eigenvalue weighted by Gasteiger charge is -2.15. The summed E-state index contributed by atoms with van der Waals surface area (Å²) in [5.74, 6) is -0.368. The number of anilines is 3. The van der Waals surface area contributed by atoms with E-state index >= 15 is 0 Å². The minimum absolute atomic E-state index is 0.0100. The maximum atomic E-state index is 13.1. The molecule has 3 rings (SSSR count). The summed E-state index contributed by atoms with van der Waals surface area (Å²) in [6, 6.07) is 9.61. The van der Waals surface area contributed by atoms with Crippen LogP contribution in [0.15, 0.2) is 48.5 Å². The molecule has 0 saturated carbocycles. The number of aromatic nitrogens is 2. The summed E-state index contributed by atoms with van der Waals surface area (Å²) in [5.41, 5.74) is 0.200. The number of nitrogens with zero attached hydrogens (tertiary/aromatic N) is 2. The van der Waals surface area contributed by atoms with E-state index in [4.69, 9.17) is 5.11 Å². The van der Waals surface area contributed by atoms with Crippen LogP contribution >= 0.6 is 0 Å². The molecular weight excluding hydrogens is 454 g/mol. The molecule has 0 aliphatic heterocycles. The van der Waals surface area contributed by atoms with Crippen LogP contribution in [0.3, 0.4) is 0 Å². The van der Waals surface area contributed by atoms with E-state index in [1.165, 1.54) is 24.3 Å². The highest BCUT2D eigenvalue weighted by Crippen LogP contribution is 2.34. The Morgan fingerprint density at radius 2 is 1.73 bits per heavy atom. The predicted octanol–water partition coefficient (Wildman–Crippen LogP) is 5.52. The summed E-state index contributed by atoms with van der Waals surface area (Å²) in [7, 11) is 0. The maximum absolute atomic E-state index is 13.1. The van der Waals surface area contributed by atoms with Crippen molar-refractivity contribution in [2.75, 3.05) is 23.8 Å². The van der Waals surface area contributed by atoms with Gasteiger partial charge in [0.05, 0.1) is 17.9 Å². The number of aliphatic hydroxyl groups excluding tert-OH is 1. The Balaban J connectivity index is 2.01. The van der Waals surface area contributed by atoms with Gasteiger partial charge in [0.2, 0.25) is 5.95 Å². The van der Waals surface area contributed by atoms with Crippen LogP contribution in [-0.4, -0.2) is 34.6 Å². The number of hydrogen-bond donors (Lipinski definition) is 3. The lowest BCUT2D eigenvalue weighted by atomic mass is 10.1. The van der Waals surface area contributed by atoms with Crippen LogP contribution in [0.5, 0.6) is 5.75 Å². The Labute approximate surface area is 184 Å². The van der Waals surface area contributed by atoms with Crippen LogP contribution in [0.4, 0.5) is 43.8 Å². The van der Waals surface area contributed by atoms with Crippen molar-refractivity contribution in [2.45, 2.75) is 19.5 Å². The van der Waals surface area contributed by atoms with Gasteiger partial charge in [-0.2, -0.15) is 18.2 Å². The van der Waals surface area contributed by atoms with Crippen LogP contribution in [0.1, 0.15) is 11.1 Å². The second-order valence-electron chi connectivity index (χ2n) is 6.84. The summed E-state index contributed by atoms with van der Waals surface area (Å²) >= 11 is 0. The Hall–Kier alpha value is -3.54. The molecular formula is C21H18F6N4O2. The third-order valence-corrected chi connectivity index (χ3v) is 4.31. The molecule has 0 fully saturated rings. The van der Waals surface area contributed by atoms with Crippen molar-refractivity contribution in [2.24, 2.45) is 0 Å². The molecule has 1 aromatic heterocycles. The van der Waals surface area contributed by atoms with Crippen molar-refractivity contribution >= 4 is 17.5 Å². The van der Waals surface area contributed by atoms with Gasteiger partial charge in [-0.3, -0.25) is 0 Å². The molecule has 0 atom stereocenters. The molecule has 3 aromatic rings. The van der Waals surface area contributed by atoms with E-state index in [2.05, 4.69) is 25.3 Å². The lowest BCUT2D eigenvalue weighted by Crippen LogP contribution is -2.17. The first-order valence-corrected chi connectivity index (χ1v) is 9.49. The predicted molar refractivity (Wildman–Crippen MR) is 109 cm³/mol. The van der Waals surface area contributed by atoms with E-state index in [0.717, 1.165) is 24.3 Å². The zero-order valence-electron chi connectivity index (χ0n) is 17.1. The molecule has 1 heterocycles. The van der Waals surface area contributed by atoms with E-state index < -0.39 is 23.9 Å². The summed E-state index contributed by atoms with van der Waals surface area (Å²) in [6.45, 7) is 1.42. The van der Waals surface area contributed by atoms with Gasteiger partial charge in [0.1, 0.15) is 11.6 Å². The fraction of sp³-hybridized carbons (Fsp3) is 0.238. The highest BCUT2D eigenvalue weighted by atomic mass is 19.4. The quantitative estimate of drug-likeness (QED) is 0.393. The van der Waals surface area contributed by atoms with Crippen molar-refractivity contribution in [3.8, 4) is 17.0 Å². The van der Waals surface area contributed by atoms with Gasteiger partial charge < -0.3 is 20.5 Å². The number of alkyl halides is 6. The minimum atomic E-state index is -4.88. The fourth-order valence-corrected chi connectivity index (χ4v) is 2.83. The van der Waals surface area contributed by atoms with Crippen molar-refractivity contribution < 1.29 is 36.2 Å². The number of aliphatic hydroxyl groups is 1. The van der Waals surface area contributed by atoms with Crippen LogP contribution < -0.4 is 15.4 Å². The smallest absolute Gasteiger partial charge is 0.406 e. The summed E-state index contributed by atoms with van der Waals surface area (Å²) < 4.78 is 80.9. The SMILES string of the molecule is Cc1ccc(C(F)(F)F)cc1Nc1cc(-c2cccc(OC(F)(F)F)c2)nc(NCCO)n1. The topological polar surface area (TPSA) is 79.3 Å². The Morgan fingerprint density at radius 1 is 0.970 bits per heavy atom. The minimum Gasteiger partial charge on any atom is -0.406 e. The van der Waals surface area contributed by atoms with Crippen molar-refractivity contribution in [1.29, 1.82) is 0 Å². The number of halogens is 6. The standard InChI is InChI=1S/C21H18F6N4O2/c1-12-5-6-14(20(22,23)24)10-16(12)29-18-11-17(30-19(31-18)28-7-8-32)13-3-2-4-15(9-13)33-21(25,26)27/h2-6,9-11,32H,7-8H2,1H3,(H2,28,29,30,31). The molecule has 0 bridgehead atoms. The number of hydrogen-bond acceptors (Lipinski definition) is 6. The monoisotopic (exact) mass is 472 g/mol. The second-order valence-corrected chi connectivity index (χ2v) is 6.84. The lowest BCUT2D eigenvalue weighted by molar-refractivity contribution is -0.274. The Kier molecular flexibility index (Phi) is 6.96. The molecule has 176 valence electrons. The molecule has 12 heteroatoms. The summed E-state index contributed by atoms with van der Waals surface area (Å²) in [5, 5.41) is 14.6. The fourth-order valence-electron chi connectivity index (χ4n) is 2.83. The van der Waals surface area contributed by atoms with Gasteiger partial charge in [-0.15, -0.1) is 13.2 Å². The highest BCUT2D eigenvalue weighted by Gasteiger charge is 2.32. The average molecular weight is 472 g/mol. The van der Waals surface area contributed by atoms with E-state index in [0.29, 0.717) is 5.56 Å². The van der Waals surface area contributed by atoms with Gasteiger partial charge in [-0.1, -0.05) is 18.2 Å². The van der Waals surface area contributed by atoms with Gasteiger partial charge >= 0.3 is 12.5 Å². The first-order valence-electron chi connectivity index (χ1n) is 9.49. The molecule has 0 aliphatic carbocycles. The molecule has 6 nitrogen and oxygen atoms in total. The first-order chi connectivity index (χ1) is 15.4. The zero-order chi connectivity index (χ0) is 24.2. The number of rotatable bonds is 7. The van der Waals surface area contributed by atoms with E-state index in [-0.39, 0.29) is 41.9 Å². The molecule has 33 heavy (non-hydrogen) atoms. The van der Waals surface area contributed by atoms with Crippen LogP contribution in [0, 0.1) is 6.92 Å². The number of nitrogens with one attached hydrogen (secondary N) is 2. The van der Waals surface area contributed by atoms with Gasteiger partial charge in [0.25, 0.3) is 0 Å². The zero-order valence-corrected chi connectivity index (χ0v) is 17.1. The van der Waals surface area contributed by atoms with E-state index in [1.54, 1.807) is 6.92 Å². The number of ether oxygens (including phenoxy) is 1. The first kappa shape index (κ1) is 24.1. The normalized spacial score (nSPS) is 11.9. The molecule has 0 saturated heterocycles. The number of benzene rings is 2. The van der Waals surface area contributed by atoms with Crippen LogP contribution in [0.25, 0.3) is 11.3 Å². The van der Waals surface area contributed by atoms with Crippen LogP contribution in [-0.2, 0) is 6.18 Å². The molecule has 0 spiro atoms. The molecule has 0 unspecified atom stereocenters. The third kappa shape index (κ3) is 6.72. The van der Waals surface area contributed by atoms with Gasteiger partial charge in [-0.25, -0.2) is 4.98 Å². The largest absolute Gasteiger partial charge is 0.573 e. The van der Waals surface area contributed by atoms with Crippen LogP contribution in [0.2, 0.25) is 0 Å². The molecule has 2 aromatic carbocycles. The Morgan fingerprint density at radius 3 is 2.39 bits per heavy atom. The van der Waals surface area contributed by atoms with Crippen molar-refractivity contribution in [1.82, 2.24) is 9.97 Å². The Bertz CT molecular complexity index is 1120. The van der Waals surface area contributed by atoms with Gasteiger partial charge in [0, 0.05) is 23.9 Å². The highest BCUT2D eigenvalue weighted by molar-refractivity contribution is 5.69. The summed E-state index contributed by atoms with van der Waals surface area (Å²) in [4.78, 5) is 8.38. The third-order valence-electron chi connectivity index (χ3n) is 4.31. The average Bonchev–Trinajstić information content (AvgIpc) is 2.72. The molecule has 0 amide bonds. The van der Waals surface area contributed by atoms with E-state index in [9.17, 15) is 26.3 Å². The van der Waals surface area contributed by atoms with Crippen molar-refractivity contribution in [3.05, 3.63) is 59.7 Å². The molecule has 0 aliphatic rings. The maximum Gasteiger partial charge on any atom is 0.573 e. The van der Waals surface area contributed by atoms with Crippen molar-refractivity contribution in [3.63, 3.8) is 0 Å².